The number of nitrogens with one attached hydrogen (secondary N) is 2. The predicted octanol–water partition coefficient (Wildman–Crippen LogP) is 4.48. The van der Waals surface area contributed by atoms with Gasteiger partial charge in [0.25, 0.3) is 5.56 Å². The monoisotopic (exact) mass is 498 g/mol. The zero-order chi connectivity index (χ0) is 23.9. The van der Waals surface area contributed by atoms with Gasteiger partial charge in [0.05, 0.1) is 21.4 Å². The van der Waals surface area contributed by atoms with E-state index in [1.54, 1.807) is 0 Å². The van der Waals surface area contributed by atoms with Gasteiger partial charge in [-0.05, 0) is 30.9 Å². The van der Waals surface area contributed by atoms with E-state index in [0.717, 1.165) is 5.01 Å². The summed E-state index contributed by atoms with van der Waals surface area (Å²) < 4.78 is 32.7. The van der Waals surface area contributed by atoms with Gasteiger partial charge in [-0.25, -0.2) is 18.7 Å². The highest BCUT2D eigenvalue weighted by atomic mass is 35.5. The van der Waals surface area contributed by atoms with E-state index in [4.69, 9.17) is 33.7 Å². The molecule has 0 atom stereocenters. The molecule has 1 aromatic carbocycles. The second-order valence-corrected chi connectivity index (χ2v) is 8.48. The van der Waals surface area contributed by atoms with Crippen LogP contribution in [0.2, 0.25) is 10.0 Å². The molecule has 1 aliphatic heterocycles. The van der Waals surface area contributed by atoms with E-state index in [9.17, 15) is 18.4 Å². The number of nitrogens with two attached hydrogens (primary N) is 1. The number of hydrogen-bond donors (Lipinski definition) is 3. The molecule has 13 heteroatoms. The van der Waals surface area contributed by atoms with Gasteiger partial charge in [0.1, 0.15) is 0 Å². The number of hydrazone groups is 1. The number of hydrogen-bond acceptors (Lipinski definition) is 6. The van der Waals surface area contributed by atoms with Crippen LogP contribution in [-0.2, 0) is 0 Å². The number of urea groups is 1. The highest BCUT2D eigenvalue weighted by molar-refractivity contribution is 6.37. The average molecular weight is 499 g/mol. The van der Waals surface area contributed by atoms with Gasteiger partial charge in [0, 0.05) is 24.5 Å². The third kappa shape index (κ3) is 4.79. The number of anilines is 1. The van der Waals surface area contributed by atoms with Crippen molar-refractivity contribution in [3.8, 4) is 11.6 Å². The molecule has 2 amide bonds. The normalized spacial score (nSPS) is 18.7. The van der Waals surface area contributed by atoms with Crippen LogP contribution in [-0.4, -0.2) is 28.0 Å². The zero-order valence-corrected chi connectivity index (χ0v) is 18.5. The number of benzene rings is 1. The molecule has 2 heterocycles. The van der Waals surface area contributed by atoms with Crippen molar-refractivity contribution in [2.45, 2.75) is 37.5 Å². The Labute approximate surface area is 196 Å². The van der Waals surface area contributed by atoms with Crippen molar-refractivity contribution in [3.05, 3.63) is 56.4 Å². The SMILES string of the molecule is C=C1NC(=O)N(c2cc(Cl)c(Oc3cc(C4CCC(F)(F)CC4)c(=O)[nH]n3)c(Cl)c2)N=C1N. The van der Waals surface area contributed by atoms with Gasteiger partial charge in [-0.3, -0.25) is 4.79 Å². The molecular formula is C20H18Cl2F2N6O3. The zero-order valence-electron chi connectivity index (χ0n) is 17.0. The van der Waals surface area contributed by atoms with Gasteiger partial charge in [-0.15, -0.1) is 10.2 Å². The summed E-state index contributed by atoms with van der Waals surface area (Å²) in [6.45, 7) is 3.57. The van der Waals surface area contributed by atoms with Crippen LogP contribution in [0.25, 0.3) is 0 Å². The fourth-order valence-corrected chi connectivity index (χ4v) is 4.17. The first kappa shape index (κ1) is 23.0. The standard InChI is InChI=1S/C20H18Cl2F2N6O3/c1-9-17(25)29-30(19(32)26-9)11-6-13(21)16(14(22)7-11)33-15-8-12(18(31)28-27-15)10-2-4-20(23,24)5-3-10/h6-8,10H,1-5H2,(H2,25,29)(H,26,32)(H,28,31). The molecule has 0 bridgehead atoms. The number of nitrogens with zero attached hydrogens (tertiary/aromatic N) is 3. The molecular weight excluding hydrogens is 481 g/mol. The molecule has 4 rings (SSSR count). The number of alkyl halides is 2. The van der Waals surface area contributed by atoms with Crippen LogP contribution in [0, 0.1) is 0 Å². The lowest BCUT2D eigenvalue weighted by atomic mass is 9.83. The van der Waals surface area contributed by atoms with E-state index >= 15 is 0 Å². The van der Waals surface area contributed by atoms with Crippen molar-refractivity contribution in [1.82, 2.24) is 15.5 Å². The number of halogens is 4. The minimum absolute atomic E-state index is 0.00705. The number of rotatable bonds is 4. The average Bonchev–Trinajstić information content (AvgIpc) is 2.74. The van der Waals surface area contributed by atoms with E-state index in [-0.39, 0.29) is 70.5 Å². The number of amidine groups is 1. The second-order valence-electron chi connectivity index (χ2n) is 7.67. The molecule has 0 saturated heterocycles. The summed E-state index contributed by atoms with van der Waals surface area (Å²) >= 11 is 12.6. The van der Waals surface area contributed by atoms with Crippen LogP contribution in [0.4, 0.5) is 19.3 Å². The molecule has 9 nitrogen and oxygen atoms in total. The number of amides is 2. The van der Waals surface area contributed by atoms with E-state index in [2.05, 4.69) is 27.2 Å². The number of carbonyl (C=O) groups is 1. The first-order chi connectivity index (χ1) is 15.5. The number of aromatic nitrogens is 2. The molecule has 2 aliphatic rings. The predicted molar refractivity (Wildman–Crippen MR) is 119 cm³/mol. The highest BCUT2D eigenvalue weighted by Crippen LogP contribution is 2.42. The van der Waals surface area contributed by atoms with Crippen molar-refractivity contribution < 1.29 is 18.3 Å². The lowest BCUT2D eigenvalue weighted by Gasteiger charge is -2.27. The Balaban J connectivity index is 1.59. The largest absolute Gasteiger partial charge is 0.434 e. The summed E-state index contributed by atoms with van der Waals surface area (Å²) in [5.74, 6) is -3.06. The van der Waals surface area contributed by atoms with Crippen LogP contribution in [0.3, 0.4) is 0 Å². The molecule has 0 radical (unpaired) electrons. The number of ether oxygens (including phenoxy) is 1. The van der Waals surface area contributed by atoms with Crippen LogP contribution in [0.5, 0.6) is 11.6 Å². The topological polar surface area (TPSA) is 126 Å². The van der Waals surface area contributed by atoms with E-state index < -0.39 is 17.5 Å². The Hall–Kier alpha value is -3.18. The van der Waals surface area contributed by atoms with Crippen molar-refractivity contribution in [3.63, 3.8) is 0 Å². The third-order valence-corrected chi connectivity index (χ3v) is 5.93. The van der Waals surface area contributed by atoms with Crippen LogP contribution >= 0.6 is 23.2 Å². The smallest absolute Gasteiger partial charge is 0.347 e. The lowest BCUT2D eigenvalue weighted by molar-refractivity contribution is -0.0383. The first-order valence-corrected chi connectivity index (χ1v) is 10.6. The maximum absolute atomic E-state index is 13.5. The summed E-state index contributed by atoms with van der Waals surface area (Å²) in [5.41, 5.74) is 5.90. The molecule has 33 heavy (non-hydrogen) atoms. The summed E-state index contributed by atoms with van der Waals surface area (Å²) in [4.78, 5) is 24.4. The number of H-pyrrole nitrogens is 1. The van der Waals surface area contributed by atoms with Gasteiger partial charge >= 0.3 is 6.03 Å². The van der Waals surface area contributed by atoms with Crippen molar-refractivity contribution in [2.24, 2.45) is 10.8 Å². The van der Waals surface area contributed by atoms with E-state index in [0.29, 0.717) is 5.56 Å². The van der Waals surface area contributed by atoms with Gasteiger partial charge in [0.15, 0.2) is 11.6 Å². The summed E-state index contributed by atoms with van der Waals surface area (Å²) in [5, 5.41) is 13.6. The maximum Gasteiger partial charge on any atom is 0.347 e. The molecule has 174 valence electrons. The second kappa shape index (κ2) is 8.64. The highest BCUT2D eigenvalue weighted by Gasteiger charge is 2.36. The molecule has 1 saturated carbocycles. The van der Waals surface area contributed by atoms with Crippen LogP contribution < -0.4 is 26.4 Å². The van der Waals surface area contributed by atoms with Gasteiger partial charge in [-0.2, -0.15) is 5.01 Å². The molecule has 1 fully saturated rings. The van der Waals surface area contributed by atoms with Crippen molar-refractivity contribution >= 4 is 40.8 Å². The van der Waals surface area contributed by atoms with Crippen molar-refractivity contribution in [2.75, 3.05) is 5.01 Å². The summed E-state index contributed by atoms with van der Waals surface area (Å²) in [7, 11) is 0. The molecule has 0 spiro atoms. The molecule has 1 aromatic heterocycles. The summed E-state index contributed by atoms with van der Waals surface area (Å²) in [6.07, 6.45) is -0.244. The molecule has 1 aliphatic carbocycles. The Morgan fingerprint density at radius 1 is 1.18 bits per heavy atom. The molecule has 0 unspecified atom stereocenters. The Morgan fingerprint density at radius 3 is 2.45 bits per heavy atom. The number of aromatic amines is 1. The third-order valence-electron chi connectivity index (χ3n) is 5.37. The van der Waals surface area contributed by atoms with E-state index in [1.165, 1.54) is 18.2 Å². The lowest BCUT2D eigenvalue weighted by Crippen LogP contribution is -2.45. The minimum Gasteiger partial charge on any atom is -0.434 e. The maximum atomic E-state index is 13.5. The Kier molecular flexibility index (Phi) is 6.02. The Bertz CT molecular complexity index is 1200. The van der Waals surface area contributed by atoms with E-state index in [1.807, 2.05) is 0 Å². The molecule has 2 aromatic rings. The first-order valence-electron chi connectivity index (χ1n) is 9.83. The van der Waals surface area contributed by atoms with Crippen LogP contribution in [0.15, 0.2) is 40.4 Å². The quantitative estimate of drug-likeness (QED) is 0.572. The fraction of sp³-hybridized carbons (Fsp3) is 0.300. The Morgan fingerprint density at radius 2 is 1.82 bits per heavy atom. The summed E-state index contributed by atoms with van der Waals surface area (Å²) in [6, 6.07) is 3.54. The van der Waals surface area contributed by atoms with Gasteiger partial charge < -0.3 is 15.8 Å². The van der Waals surface area contributed by atoms with Crippen LogP contribution in [0.1, 0.15) is 37.2 Å². The number of carbonyl (C=O) groups excluding carboxylic acids is 1. The van der Waals surface area contributed by atoms with Gasteiger partial charge in [0.2, 0.25) is 11.8 Å². The fourth-order valence-electron chi connectivity index (χ4n) is 3.61. The molecule has 4 N–H and O–H groups in total. The minimum atomic E-state index is -2.72. The van der Waals surface area contributed by atoms with Crippen molar-refractivity contribution in [1.29, 1.82) is 0 Å². The van der Waals surface area contributed by atoms with Gasteiger partial charge in [-0.1, -0.05) is 29.8 Å².